The second-order valence-corrected chi connectivity index (χ2v) is 6.87. The van der Waals surface area contributed by atoms with Crippen molar-refractivity contribution in [2.45, 2.75) is 6.54 Å². The molecule has 1 aromatic heterocycles. The van der Waals surface area contributed by atoms with E-state index in [1.165, 1.54) is 24.4 Å². The van der Waals surface area contributed by atoms with Gasteiger partial charge in [-0.05, 0) is 29.8 Å². The second kappa shape index (κ2) is 7.56. The molecule has 0 aliphatic heterocycles. The van der Waals surface area contributed by atoms with Crippen LogP contribution in [0.2, 0.25) is 10.0 Å². The zero-order valence-corrected chi connectivity index (χ0v) is 15.7. The minimum atomic E-state index is -0.607. The number of rotatable bonds is 4. The van der Waals surface area contributed by atoms with Gasteiger partial charge in [0.15, 0.2) is 0 Å². The average Bonchev–Trinajstić information content (AvgIpc) is 3.01. The minimum Gasteiger partial charge on any atom is -0.307 e. The fourth-order valence-corrected chi connectivity index (χ4v) is 2.99. The normalized spacial score (nSPS) is 10.7. The van der Waals surface area contributed by atoms with E-state index in [-0.39, 0.29) is 5.56 Å². The van der Waals surface area contributed by atoms with Crippen LogP contribution in [0, 0.1) is 5.82 Å². The first-order valence-corrected chi connectivity index (χ1v) is 8.71. The Bertz CT molecular complexity index is 945. The summed E-state index contributed by atoms with van der Waals surface area (Å²) in [5.74, 6) is -0.761. The summed E-state index contributed by atoms with van der Waals surface area (Å²) in [5, 5.41) is 7.68. The zero-order chi connectivity index (χ0) is 18.0. The van der Waals surface area contributed by atoms with Gasteiger partial charge in [0.1, 0.15) is 11.6 Å². The highest BCUT2D eigenvalue weighted by Gasteiger charge is 2.15. The fraction of sp³-hybridized carbons (Fsp3) is 0.0588. The third-order valence-corrected chi connectivity index (χ3v) is 4.83. The van der Waals surface area contributed by atoms with Gasteiger partial charge in [-0.15, -0.1) is 0 Å². The van der Waals surface area contributed by atoms with E-state index < -0.39 is 11.7 Å². The van der Waals surface area contributed by atoms with Crippen LogP contribution in [0.5, 0.6) is 0 Å². The Kier molecular flexibility index (Phi) is 5.42. The van der Waals surface area contributed by atoms with Crippen LogP contribution >= 0.6 is 39.1 Å². The minimum absolute atomic E-state index is 0.0667. The highest BCUT2D eigenvalue weighted by Crippen LogP contribution is 2.27. The molecule has 0 spiro atoms. The standard InChI is InChI=1S/C17H11BrCl2FN3O/c18-11-4-5-14(21)12(8-11)17(25)23-15-6-7-22-24(15)9-10-2-1-3-13(19)16(10)20/h1-8H,9H2,(H,23,25). The summed E-state index contributed by atoms with van der Waals surface area (Å²) in [6.45, 7) is 0.309. The van der Waals surface area contributed by atoms with Gasteiger partial charge in [0, 0.05) is 10.5 Å². The Morgan fingerprint density at radius 3 is 2.84 bits per heavy atom. The second-order valence-electron chi connectivity index (χ2n) is 5.17. The summed E-state index contributed by atoms with van der Waals surface area (Å²) in [6.07, 6.45) is 1.53. The summed E-state index contributed by atoms with van der Waals surface area (Å²) >= 11 is 15.4. The number of anilines is 1. The Morgan fingerprint density at radius 2 is 2.04 bits per heavy atom. The van der Waals surface area contributed by atoms with Gasteiger partial charge in [0.05, 0.1) is 28.4 Å². The molecule has 1 N–H and O–H groups in total. The maximum atomic E-state index is 13.9. The first kappa shape index (κ1) is 17.9. The quantitative estimate of drug-likeness (QED) is 0.588. The van der Waals surface area contributed by atoms with Crippen LogP contribution in [-0.2, 0) is 6.54 Å². The molecule has 3 aromatic rings. The summed E-state index contributed by atoms with van der Waals surface area (Å²) in [5.41, 5.74) is 0.685. The van der Waals surface area contributed by atoms with Gasteiger partial charge in [-0.25, -0.2) is 9.07 Å². The van der Waals surface area contributed by atoms with Crippen LogP contribution < -0.4 is 5.32 Å². The molecule has 0 aliphatic carbocycles. The first-order chi connectivity index (χ1) is 12.0. The van der Waals surface area contributed by atoms with Gasteiger partial charge >= 0.3 is 0 Å². The monoisotopic (exact) mass is 441 g/mol. The van der Waals surface area contributed by atoms with Crippen LogP contribution in [-0.4, -0.2) is 15.7 Å². The third-order valence-electron chi connectivity index (χ3n) is 3.48. The van der Waals surface area contributed by atoms with Crippen LogP contribution in [0.25, 0.3) is 0 Å². The Morgan fingerprint density at radius 1 is 1.24 bits per heavy atom. The Hall–Kier alpha value is -1.89. The molecule has 0 radical (unpaired) electrons. The van der Waals surface area contributed by atoms with E-state index in [2.05, 4.69) is 26.3 Å². The SMILES string of the molecule is O=C(Nc1ccnn1Cc1cccc(Cl)c1Cl)c1cc(Br)ccc1F. The van der Waals surface area contributed by atoms with Gasteiger partial charge in [-0.2, -0.15) is 5.10 Å². The topological polar surface area (TPSA) is 46.9 Å². The molecule has 4 nitrogen and oxygen atoms in total. The highest BCUT2D eigenvalue weighted by atomic mass is 79.9. The molecule has 0 fully saturated rings. The van der Waals surface area contributed by atoms with E-state index in [1.807, 2.05) is 6.07 Å². The molecule has 128 valence electrons. The van der Waals surface area contributed by atoms with E-state index in [9.17, 15) is 9.18 Å². The van der Waals surface area contributed by atoms with Gasteiger partial charge in [-0.3, -0.25) is 4.79 Å². The molecule has 8 heteroatoms. The van der Waals surface area contributed by atoms with Crippen LogP contribution in [0.15, 0.2) is 53.1 Å². The molecule has 0 saturated carbocycles. The largest absolute Gasteiger partial charge is 0.307 e. The van der Waals surface area contributed by atoms with Gasteiger partial charge in [0.25, 0.3) is 5.91 Å². The number of carbonyl (C=O) groups is 1. The number of halogens is 4. The molecule has 0 bridgehead atoms. The van der Waals surface area contributed by atoms with Crippen molar-refractivity contribution >= 4 is 50.9 Å². The molecule has 0 unspecified atom stereocenters. The van der Waals surface area contributed by atoms with Crippen LogP contribution in [0.1, 0.15) is 15.9 Å². The molecule has 25 heavy (non-hydrogen) atoms. The van der Waals surface area contributed by atoms with Gasteiger partial charge in [0.2, 0.25) is 0 Å². The molecule has 0 aliphatic rings. The molecule has 1 heterocycles. The molecule has 2 aromatic carbocycles. The van der Waals surface area contributed by atoms with Crippen molar-refractivity contribution in [2.24, 2.45) is 0 Å². The smallest absolute Gasteiger partial charge is 0.259 e. The van der Waals surface area contributed by atoms with Crippen molar-refractivity contribution in [3.63, 3.8) is 0 Å². The Labute approximate surface area is 161 Å². The van der Waals surface area contributed by atoms with Crippen LogP contribution in [0.4, 0.5) is 10.2 Å². The fourth-order valence-electron chi connectivity index (χ4n) is 2.25. The summed E-state index contributed by atoms with van der Waals surface area (Å²) in [6, 6.07) is 11.1. The van der Waals surface area contributed by atoms with Crippen LogP contribution in [0.3, 0.4) is 0 Å². The van der Waals surface area contributed by atoms with Gasteiger partial charge < -0.3 is 5.32 Å². The summed E-state index contributed by atoms with van der Waals surface area (Å²) in [4.78, 5) is 12.4. The third kappa shape index (κ3) is 4.03. The first-order valence-electron chi connectivity index (χ1n) is 7.17. The molecular weight excluding hydrogens is 432 g/mol. The number of hydrogen-bond donors (Lipinski definition) is 1. The van der Waals surface area contributed by atoms with Gasteiger partial charge in [-0.1, -0.05) is 51.3 Å². The summed E-state index contributed by atoms with van der Waals surface area (Å²) < 4.78 is 16.0. The predicted octanol–water partition coefficient (Wildman–Crippen LogP) is 5.39. The van der Waals surface area contributed by atoms with E-state index in [0.717, 1.165) is 5.56 Å². The molecule has 1 amide bonds. The van der Waals surface area contributed by atoms with Crippen molar-refractivity contribution in [1.82, 2.24) is 9.78 Å². The van der Waals surface area contributed by atoms with Crippen molar-refractivity contribution in [2.75, 3.05) is 5.32 Å². The number of aromatic nitrogens is 2. The lowest BCUT2D eigenvalue weighted by molar-refractivity contribution is 0.102. The number of carbonyl (C=O) groups excluding carboxylic acids is 1. The lowest BCUT2D eigenvalue weighted by atomic mass is 10.2. The maximum absolute atomic E-state index is 13.9. The molecule has 0 saturated heterocycles. The van der Waals surface area contributed by atoms with Crippen molar-refractivity contribution in [3.05, 3.63) is 80.1 Å². The van der Waals surface area contributed by atoms with Crippen molar-refractivity contribution < 1.29 is 9.18 Å². The van der Waals surface area contributed by atoms with Crippen molar-refractivity contribution in [1.29, 1.82) is 0 Å². The van der Waals surface area contributed by atoms with E-state index >= 15 is 0 Å². The zero-order valence-electron chi connectivity index (χ0n) is 12.6. The number of nitrogens with zero attached hydrogens (tertiary/aromatic N) is 2. The lowest BCUT2D eigenvalue weighted by Gasteiger charge is -2.11. The molecule has 0 atom stereocenters. The Balaban J connectivity index is 1.83. The average molecular weight is 443 g/mol. The molecule has 3 rings (SSSR count). The van der Waals surface area contributed by atoms with E-state index in [4.69, 9.17) is 23.2 Å². The maximum Gasteiger partial charge on any atom is 0.259 e. The number of hydrogen-bond acceptors (Lipinski definition) is 2. The van der Waals surface area contributed by atoms with Crippen molar-refractivity contribution in [3.8, 4) is 0 Å². The predicted molar refractivity (Wildman–Crippen MR) is 99.8 cm³/mol. The number of nitrogens with one attached hydrogen (secondary N) is 1. The summed E-state index contributed by atoms with van der Waals surface area (Å²) in [7, 11) is 0. The van der Waals surface area contributed by atoms with E-state index in [0.29, 0.717) is 26.9 Å². The number of amides is 1. The number of benzene rings is 2. The lowest BCUT2D eigenvalue weighted by Crippen LogP contribution is -2.17. The highest BCUT2D eigenvalue weighted by molar-refractivity contribution is 9.10. The van der Waals surface area contributed by atoms with E-state index in [1.54, 1.807) is 22.9 Å². The molecular formula is C17H11BrCl2FN3O.